The van der Waals surface area contributed by atoms with Gasteiger partial charge in [-0.25, -0.2) is 4.98 Å². The van der Waals surface area contributed by atoms with Gasteiger partial charge in [0.25, 0.3) is 0 Å². The lowest BCUT2D eigenvalue weighted by molar-refractivity contribution is -0.0498. The van der Waals surface area contributed by atoms with Crippen molar-refractivity contribution in [2.24, 2.45) is 0 Å². The highest BCUT2D eigenvalue weighted by Crippen LogP contribution is 2.31. The molecule has 0 aliphatic carbocycles. The summed E-state index contributed by atoms with van der Waals surface area (Å²) in [5.41, 5.74) is 6.96. The van der Waals surface area contributed by atoms with E-state index in [-0.39, 0.29) is 27.8 Å². The van der Waals surface area contributed by atoms with Crippen LogP contribution in [-0.4, -0.2) is 17.4 Å². The first-order valence-corrected chi connectivity index (χ1v) is 10.3. The van der Waals surface area contributed by atoms with Crippen molar-refractivity contribution in [1.29, 1.82) is 0 Å². The molecule has 3 aromatic carbocycles. The fourth-order valence-corrected chi connectivity index (χ4v) is 3.69. The van der Waals surface area contributed by atoms with Crippen molar-refractivity contribution >= 4 is 33.8 Å². The summed E-state index contributed by atoms with van der Waals surface area (Å²) < 4.78 is 34.6. The topological polar surface area (TPSA) is 86.5 Å². The van der Waals surface area contributed by atoms with E-state index in [1.165, 1.54) is 24.3 Å². The Labute approximate surface area is 186 Å². The molecule has 162 valence electrons. The summed E-state index contributed by atoms with van der Waals surface area (Å²) in [5.74, 6) is 1.10. The summed E-state index contributed by atoms with van der Waals surface area (Å²) in [6.07, 6.45) is 0. The Morgan fingerprint density at radius 1 is 0.906 bits per heavy atom. The van der Waals surface area contributed by atoms with Crippen molar-refractivity contribution in [1.82, 2.24) is 4.98 Å². The highest BCUT2D eigenvalue weighted by atomic mass is 32.1. The molecule has 0 saturated heterocycles. The number of hydrogen-bond donors (Lipinski definition) is 2. The van der Waals surface area contributed by atoms with Gasteiger partial charge >= 0.3 is 6.61 Å². The van der Waals surface area contributed by atoms with Gasteiger partial charge in [-0.05, 0) is 60.7 Å². The van der Waals surface area contributed by atoms with E-state index in [1.54, 1.807) is 12.1 Å². The minimum Gasteiger partial charge on any atom is -0.457 e. The lowest BCUT2D eigenvalue weighted by Gasteiger charge is -2.07. The second-order valence-electron chi connectivity index (χ2n) is 6.53. The molecule has 0 aliphatic heterocycles. The number of benzene rings is 3. The monoisotopic (exact) mass is 453 g/mol. The van der Waals surface area contributed by atoms with Gasteiger partial charge in [-0.1, -0.05) is 29.5 Å². The van der Waals surface area contributed by atoms with Crippen LogP contribution in [0.25, 0.3) is 0 Å². The van der Waals surface area contributed by atoms with Crippen LogP contribution in [-0.2, 0) is 0 Å². The van der Waals surface area contributed by atoms with Gasteiger partial charge in [0.05, 0.1) is 0 Å². The first-order chi connectivity index (χ1) is 15.5. The molecule has 4 aromatic rings. The van der Waals surface area contributed by atoms with Gasteiger partial charge in [-0.2, -0.15) is 8.78 Å². The molecule has 6 nitrogen and oxygen atoms in total. The number of nitrogen functional groups attached to an aromatic ring is 1. The molecule has 1 heterocycles. The van der Waals surface area contributed by atoms with Crippen LogP contribution in [0.4, 0.5) is 25.4 Å². The standard InChI is InChI=1S/C23H17F2N3O3S/c24-22(25)31-18-10-6-14(7-11-18)19(29)20-21(26)28-23(32-20)27-15-8-12-17(13-9-15)30-16-4-2-1-3-5-16/h1-13,22H,26H2,(H,27,28). The lowest BCUT2D eigenvalue weighted by Crippen LogP contribution is -2.04. The summed E-state index contributed by atoms with van der Waals surface area (Å²) in [6.45, 7) is -2.93. The van der Waals surface area contributed by atoms with E-state index < -0.39 is 6.61 Å². The number of aromatic nitrogens is 1. The fourth-order valence-electron chi connectivity index (χ4n) is 2.82. The number of carbonyl (C=O) groups is 1. The van der Waals surface area contributed by atoms with Crippen molar-refractivity contribution in [2.45, 2.75) is 6.61 Å². The maximum Gasteiger partial charge on any atom is 0.387 e. The molecule has 0 aliphatic rings. The highest BCUT2D eigenvalue weighted by molar-refractivity contribution is 7.18. The van der Waals surface area contributed by atoms with Crippen molar-refractivity contribution in [3.8, 4) is 17.2 Å². The fraction of sp³-hybridized carbons (Fsp3) is 0.0435. The number of hydrogen-bond acceptors (Lipinski definition) is 7. The molecule has 4 rings (SSSR count). The van der Waals surface area contributed by atoms with Crippen molar-refractivity contribution < 1.29 is 23.0 Å². The predicted molar refractivity (Wildman–Crippen MR) is 119 cm³/mol. The van der Waals surface area contributed by atoms with Crippen LogP contribution in [0.2, 0.25) is 0 Å². The van der Waals surface area contributed by atoms with Gasteiger partial charge in [0.15, 0.2) is 5.13 Å². The first-order valence-electron chi connectivity index (χ1n) is 9.44. The Kier molecular flexibility index (Phi) is 6.27. The third-order valence-corrected chi connectivity index (χ3v) is 5.27. The zero-order valence-electron chi connectivity index (χ0n) is 16.5. The molecule has 1 aromatic heterocycles. The van der Waals surface area contributed by atoms with E-state index in [0.717, 1.165) is 22.8 Å². The summed E-state index contributed by atoms with van der Waals surface area (Å²) in [6, 6.07) is 22.1. The van der Waals surface area contributed by atoms with Crippen LogP contribution >= 0.6 is 11.3 Å². The molecule has 0 saturated carbocycles. The molecule has 0 radical (unpaired) electrons. The van der Waals surface area contributed by atoms with E-state index in [9.17, 15) is 13.6 Å². The number of carbonyl (C=O) groups excluding carboxylic acids is 1. The maximum absolute atomic E-state index is 12.7. The molecule has 32 heavy (non-hydrogen) atoms. The number of alkyl halides is 2. The smallest absolute Gasteiger partial charge is 0.387 e. The summed E-state index contributed by atoms with van der Waals surface area (Å²) in [4.78, 5) is 17.2. The quantitative estimate of drug-likeness (QED) is 0.314. The van der Waals surface area contributed by atoms with E-state index in [4.69, 9.17) is 10.5 Å². The van der Waals surface area contributed by atoms with Gasteiger partial charge in [-0.15, -0.1) is 0 Å². The molecule has 9 heteroatoms. The second-order valence-corrected chi connectivity index (χ2v) is 7.53. The van der Waals surface area contributed by atoms with Crippen LogP contribution in [0.5, 0.6) is 17.2 Å². The highest BCUT2D eigenvalue weighted by Gasteiger charge is 2.18. The van der Waals surface area contributed by atoms with Gasteiger partial charge in [0, 0.05) is 11.3 Å². The lowest BCUT2D eigenvalue weighted by atomic mass is 10.1. The van der Waals surface area contributed by atoms with E-state index in [1.807, 2.05) is 42.5 Å². The van der Waals surface area contributed by atoms with Crippen LogP contribution in [0.15, 0.2) is 78.9 Å². The minimum absolute atomic E-state index is 0.0316. The van der Waals surface area contributed by atoms with E-state index >= 15 is 0 Å². The van der Waals surface area contributed by atoms with Gasteiger partial charge < -0.3 is 20.5 Å². The first kappa shape index (κ1) is 21.3. The SMILES string of the molecule is Nc1nc(Nc2ccc(Oc3ccccc3)cc2)sc1C(=O)c1ccc(OC(F)F)cc1. The molecular weight excluding hydrogens is 436 g/mol. The molecule has 0 spiro atoms. The summed E-state index contributed by atoms with van der Waals surface area (Å²) >= 11 is 1.10. The zero-order valence-corrected chi connectivity index (χ0v) is 17.3. The van der Waals surface area contributed by atoms with Gasteiger partial charge in [0.2, 0.25) is 5.78 Å². The van der Waals surface area contributed by atoms with Crippen LogP contribution in [0.3, 0.4) is 0 Å². The number of ether oxygens (including phenoxy) is 2. The largest absolute Gasteiger partial charge is 0.457 e. The Morgan fingerprint density at radius 2 is 1.53 bits per heavy atom. The number of nitrogens with one attached hydrogen (secondary N) is 1. The summed E-state index contributed by atoms with van der Waals surface area (Å²) in [7, 11) is 0. The molecule has 0 fully saturated rings. The van der Waals surface area contributed by atoms with Gasteiger partial charge in [-0.3, -0.25) is 4.79 Å². The van der Waals surface area contributed by atoms with Gasteiger partial charge in [0.1, 0.15) is 27.9 Å². The molecular formula is C23H17F2N3O3S. The number of anilines is 3. The molecule has 0 amide bonds. The van der Waals surface area contributed by atoms with Crippen molar-refractivity contribution in [3.05, 3.63) is 89.3 Å². The second kappa shape index (κ2) is 9.44. The Morgan fingerprint density at radius 3 is 2.19 bits per heavy atom. The third kappa shape index (κ3) is 5.19. The number of nitrogens with two attached hydrogens (primary N) is 1. The van der Waals surface area contributed by atoms with E-state index in [2.05, 4.69) is 15.0 Å². The number of nitrogens with zero attached hydrogens (tertiary/aromatic N) is 1. The minimum atomic E-state index is -2.93. The maximum atomic E-state index is 12.7. The number of para-hydroxylation sites is 1. The summed E-state index contributed by atoms with van der Waals surface area (Å²) in [5, 5.41) is 3.55. The number of rotatable bonds is 8. The Hall–Kier alpha value is -3.98. The average Bonchev–Trinajstić information content (AvgIpc) is 3.15. The predicted octanol–water partition coefficient (Wildman–Crippen LogP) is 6.09. The molecule has 0 atom stereocenters. The number of ketones is 1. The normalized spacial score (nSPS) is 10.7. The molecule has 3 N–H and O–H groups in total. The number of thiazole rings is 1. The van der Waals surface area contributed by atoms with Crippen molar-refractivity contribution in [3.63, 3.8) is 0 Å². The zero-order chi connectivity index (χ0) is 22.5. The average molecular weight is 453 g/mol. The molecule has 0 bridgehead atoms. The number of halogens is 2. The Bertz CT molecular complexity index is 1200. The Balaban J connectivity index is 1.43. The molecule has 0 unspecified atom stereocenters. The van der Waals surface area contributed by atoms with Crippen molar-refractivity contribution in [2.75, 3.05) is 11.1 Å². The van der Waals surface area contributed by atoms with Crippen LogP contribution in [0, 0.1) is 0 Å². The third-order valence-electron chi connectivity index (χ3n) is 4.29. The van der Waals surface area contributed by atoms with Crippen LogP contribution < -0.4 is 20.5 Å². The van der Waals surface area contributed by atoms with E-state index in [0.29, 0.717) is 10.9 Å². The van der Waals surface area contributed by atoms with Crippen LogP contribution in [0.1, 0.15) is 15.2 Å².